The second-order valence-electron chi connectivity index (χ2n) is 6.85. The molecule has 11 heteroatoms. The molecule has 2 aromatic rings. The summed E-state index contributed by atoms with van der Waals surface area (Å²) in [6, 6.07) is 3.59. The molecule has 1 N–H and O–H groups in total. The minimum Gasteiger partial charge on any atom is -0.354 e. The van der Waals surface area contributed by atoms with E-state index in [-0.39, 0.29) is 23.1 Å². The van der Waals surface area contributed by atoms with Crippen LogP contribution in [0.15, 0.2) is 30.5 Å². The summed E-state index contributed by atoms with van der Waals surface area (Å²) in [6.45, 7) is 1.90. The van der Waals surface area contributed by atoms with Gasteiger partial charge in [0.1, 0.15) is 17.5 Å². The number of benzene rings is 1. The lowest BCUT2D eigenvalue weighted by Crippen LogP contribution is -2.36. The molecule has 0 radical (unpaired) electrons. The third kappa shape index (κ3) is 5.79. The van der Waals surface area contributed by atoms with Gasteiger partial charge in [0, 0.05) is 44.1 Å². The molecule has 0 spiro atoms. The van der Waals surface area contributed by atoms with Crippen molar-refractivity contribution in [3.8, 4) is 0 Å². The smallest absolute Gasteiger partial charge is 0.354 e. The van der Waals surface area contributed by atoms with Gasteiger partial charge in [-0.3, -0.25) is 9.69 Å². The average Bonchev–Trinajstić information content (AvgIpc) is 2.85. The first-order valence-electron chi connectivity index (χ1n) is 9.08. The largest absolute Gasteiger partial charge is 0.417 e. The molecule has 1 aromatic heterocycles. The quantitative estimate of drug-likeness (QED) is 0.713. The average molecular weight is 449 g/mol. The Kier molecular flexibility index (Phi) is 6.77. The van der Waals surface area contributed by atoms with Gasteiger partial charge in [0.05, 0.1) is 17.1 Å². The standard InChI is InChI=1S/C19H18ClF5N4O/c20-16-6-12(19(23,24)25)10-26-18(16)29-3-1-2-28(4-5-29)11-17(30)27-15-8-13(21)7-14(22)9-15/h6-10H,1-5,11H2,(H,27,30). The maximum atomic E-state index is 13.2. The van der Waals surface area contributed by atoms with Crippen molar-refractivity contribution in [1.29, 1.82) is 0 Å². The van der Waals surface area contributed by atoms with E-state index in [0.29, 0.717) is 38.7 Å². The first-order valence-corrected chi connectivity index (χ1v) is 9.45. The molecule has 0 bridgehead atoms. The molecular formula is C19H18ClF5N4O. The zero-order valence-electron chi connectivity index (χ0n) is 15.6. The number of carbonyl (C=O) groups excluding carboxylic acids is 1. The summed E-state index contributed by atoms with van der Waals surface area (Å²) in [6.07, 6.45) is -3.15. The number of halogens is 6. The third-order valence-corrected chi connectivity index (χ3v) is 4.83. The molecule has 30 heavy (non-hydrogen) atoms. The van der Waals surface area contributed by atoms with Crippen molar-refractivity contribution in [3.63, 3.8) is 0 Å². The Hall–Kier alpha value is -2.46. The van der Waals surface area contributed by atoms with Crippen molar-refractivity contribution in [1.82, 2.24) is 9.88 Å². The van der Waals surface area contributed by atoms with Crippen molar-refractivity contribution in [2.45, 2.75) is 12.6 Å². The topological polar surface area (TPSA) is 48.5 Å². The molecular weight excluding hydrogens is 431 g/mol. The Bertz CT molecular complexity index is 904. The van der Waals surface area contributed by atoms with Crippen LogP contribution < -0.4 is 10.2 Å². The fourth-order valence-corrected chi connectivity index (χ4v) is 3.47. The molecule has 0 atom stereocenters. The lowest BCUT2D eigenvalue weighted by Gasteiger charge is -2.23. The fourth-order valence-electron chi connectivity index (χ4n) is 3.19. The van der Waals surface area contributed by atoms with Crippen LogP contribution in [-0.4, -0.2) is 48.5 Å². The predicted octanol–water partition coefficient (Wildman–Crippen LogP) is 4.18. The number of nitrogens with one attached hydrogen (secondary N) is 1. The SMILES string of the molecule is O=C(CN1CCCN(c2ncc(C(F)(F)F)cc2Cl)CC1)Nc1cc(F)cc(F)c1. The summed E-state index contributed by atoms with van der Waals surface area (Å²) in [7, 11) is 0. The summed E-state index contributed by atoms with van der Waals surface area (Å²) >= 11 is 6.02. The zero-order chi connectivity index (χ0) is 21.9. The lowest BCUT2D eigenvalue weighted by atomic mass is 10.2. The van der Waals surface area contributed by atoms with Crippen LogP contribution in [0, 0.1) is 11.6 Å². The highest BCUT2D eigenvalue weighted by atomic mass is 35.5. The van der Waals surface area contributed by atoms with Crippen LogP contribution in [0.2, 0.25) is 5.02 Å². The Morgan fingerprint density at radius 1 is 1.07 bits per heavy atom. The number of rotatable bonds is 4. The van der Waals surface area contributed by atoms with E-state index in [9.17, 15) is 26.7 Å². The van der Waals surface area contributed by atoms with Gasteiger partial charge < -0.3 is 10.2 Å². The van der Waals surface area contributed by atoms with Gasteiger partial charge in [0.2, 0.25) is 5.91 Å². The van der Waals surface area contributed by atoms with E-state index in [4.69, 9.17) is 11.6 Å². The fraction of sp³-hybridized carbons (Fsp3) is 0.368. The molecule has 0 saturated carbocycles. The second-order valence-corrected chi connectivity index (χ2v) is 7.26. The van der Waals surface area contributed by atoms with Gasteiger partial charge in [0.25, 0.3) is 0 Å². The molecule has 0 unspecified atom stereocenters. The molecule has 2 heterocycles. The lowest BCUT2D eigenvalue weighted by molar-refractivity contribution is -0.137. The van der Waals surface area contributed by atoms with Gasteiger partial charge in [-0.15, -0.1) is 0 Å². The number of nitrogens with zero attached hydrogens (tertiary/aromatic N) is 3. The van der Waals surface area contributed by atoms with Crippen LogP contribution in [0.3, 0.4) is 0 Å². The highest BCUT2D eigenvalue weighted by Crippen LogP contribution is 2.33. The monoisotopic (exact) mass is 448 g/mol. The van der Waals surface area contributed by atoms with E-state index in [1.807, 2.05) is 4.90 Å². The van der Waals surface area contributed by atoms with E-state index in [0.717, 1.165) is 24.4 Å². The highest BCUT2D eigenvalue weighted by Gasteiger charge is 2.32. The van der Waals surface area contributed by atoms with Crippen molar-refractivity contribution in [2.75, 3.05) is 42.9 Å². The molecule has 162 valence electrons. The predicted molar refractivity (Wildman–Crippen MR) is 103 cm³/mol. The molecule has 1 amide bonds. The summed E-state index contributed by atoms with van der Waals surface area (Å²) in [5, 5.41) is 2.36. The van der Waals surface area contributed by atoms with Crippen LogP contribution in [0.4, 0.5) is 33.5 Å². The van der Waals surface area contributed by atoms with E-state index in [1.165, 1.54) is 0 Å². The van der Waals surface area contributed by atoms with E-state index in [2.05, 4.69) is 10.3 Å². The molecule has 1 aliphatic heterocycles. The van der Waals surface area contributed by atoms with Gasteiger partial charge in [-0.05, 0) is 24.6 Å². The summed E-state index contributed by atoms with van der Waals surface area (Å²) < 4.78 is 64.8. The summed E-state index contributed by atoms with van der Waals surface area (Å²) in [5.41, 5.74) is -0.896. The van der Waals surface area contributed by atoms with E-state index in [1.54, 1.807) is 4.90 Å². The summed E-state index contributed by atoms with van der Waals surface area (Å²) in [5.74, 6) is -1.77. The maximum Gasteiger partial charge on any atom is 0.417 e. The molecule has 3 rings (SSSR count). The molecule has 1 saturated heterocycles. The van der Waals surface area contributed by atoms with Crippen LogP contribution >= 0.6 is 11.6 Å². The highest BCUT2D eigenvalue weighted by molar-refractivity contribution is 6.33. The number of hydrogen-bond donors (Lipinski definition) is 1. The first-order chi connectivity index (χ1) is 14.1. The van der Waals surface area contributed by atoms with E-state index >= 15 is 0 Å². The third-order valence-electron chi connectivity index (χ3n) is 4.55. The molecule has 1 aromatic carbocycles. The Balaban J connectivity index is 1.59. The molecule has 1 aliphatic rings. The minimum atomic E-state index is -4.53. The van der Waals surface area contributed by atoms with Crippen molar-refractivity contribution in [3.05, 3.63) is 52.7 Å². The number of amides is 1. The first kappa shape index (κ1) is 22.2. The number of hydrogen-bond acceptors (Lipinski definition) is 4. The van der Waals surface area contributed by atoms with Crippen LogP contribution in [0.5, 0.6) is 0 Å². The number of aromatic nitrogens is 1. The van der Waals surface area contributed by atoms with Gasteiger partial charge in [-0.2, -0.15) is 13.2 Å². The zero-order valence-corrected chi connectivity index (χ0v) is 16.4. The number of pyridine rings is 1. The van der Waals surface area contributed by atoms with Crippen molar-refractivity contribution < 1.29 is 26.7 Å². The van der Waals surface area contributed by atoms with Crippen LogP contribution in [0.25, 0.3) is 0 Å². The minimum absolute atomic E-state index is 0.000143. The normalized spacial score (nSPS) is 15.7. The molecule has 0 aliphatic carbocycles. The Labute approximate surface area is 174 Å². The maximum absolute atomic E-state index is 13.2. The van der Waals surface area contributed by atoms with Crippen molar-refractivity contribution in [2.24, 2.45) is 0 Å². The Morgan fingerprint density at radius 3 is 2.40 bits per heavy atom. The van der Waals surface area contributed by atoms with Gasteiger partial charge in [-0.25, -0.2) is 13.8 Å². The Morgan fingerprint density at radius 2 is 1.77 bits per heavy atom. The number of carbonyl (C=O) groups is 1. The van der Waals surface area contributed by atoms with Crippen LogP contribution in [-0.2, 0) is 11.0 Å². The summed E-state index contributed by atoms with van der Waals surface area (Å²) in [4.78, 5) is 19.7. The van der Waals surface area contributed by atoms with Crippen LogP contribution in [0.1, 0.15) is 12.0 Å². The van der Waals surface area contributed by atoms with E-state index < -0.39 is 29.3 Å². The van der Waals surface area contributed by atoms with Crippen molar-refractivity contribution >= 4 is 29.0 Å². The molecule has 1 fully saturated rings. The van der Waals surface area contributed by atoms with Gasteiger partial charge in [-0.1, -0.05) is 11.6 Å². The van der Waals surface area contributed by atoms with Gasteiger partial charge in [0.15, 0.2) is 0 Å². The number of anilines is 2. The molecule has 5 nitrogen and oxygen atoms in total. The number of alkyl halides is 3. The second kappa shape index (κ2) is 9.13. The van der Waals surface area contributed by atoms with Gasteiger partial charge >= 0.3 is 6.18 Å².